The van der Waals surface area contributed by atoms with E-state index in [1.807, 2.05) is 0 Å². The second-order valence-corrected chi connectivity index (χ2v) is 6.49. The van der Waals surface area contributed by atoms with Crippen LogP contribution in [0.1, 0.15) is 16.8 Å². The van der Waals surface area contributed by atoms with Gasteiger partial charge in [-0.05, 0) is 18.6 Å². The second-order valence-electron chi connectivity index (χ2n) is 5.44. The van der Waals surface area contributed by atoms with Gasteiger partial charge in [0.05, 0.1) is 12.1 Å². The van der Waals surface area contributed by atoms with Gasteiger partial charge in [0.25, 0.3) is 5.91 Å². The Hall–Kier alpha value is -1.49. The van der Waals surface area contributed by atoms with Crippen molar-refractivity contribution < 1.29 is 31.1 Å². The number of alkyl halides is 6. The van der Waals surface area contributed by atoms with Gasteiger partial charge >= 0.3 is 11.7 Å². The second kappa shape index (κ2) is 7.81. The Morgan fingerprint density at radius 3 is 2.48 bits per heavy atom. The van der Waals surface area contributed by atoms with Crippen LogP contribution in [0.4, 0.5) is 26.3 Å². The van der Waals surface area contributed by atoms with Crippen LogP contribution in [0.2, 0.25) is 0 Å². The predicted octanol–water partition coefficient (Wildman–Crippen LogP) is 3.40. The molecule has 2 rings (SSSR count). The Balaban J connectivity index is 2.08. The lowest BCUT2D eigenvalue weighted by atomic mass is 10.2. The molecule has 0 unspecified atom stereocenters. The lowest BCUT2D eigenvalue weighted by Gasteiger charge is -2.23. The number of hydrogen-bond acceptors (Lipinski definition) is 4. The number of carbonyl (C=O) groups excluding carboxylic acids is 1. The number of amides is 1. The van der Waals surface area contributed by atoms with Gasteiger partial charge in [0, 0.05) is 44.1 Å². The summed E-state index contributed by atoms with van der Waals surface area (Å²) < 4.78 is 75.1. The Labute approximate surface area is 144 Å². The fourth-order valence-corrected chi connectivity index (χ4v) is 3.10. The van der Waals surface area contributed by atoms with E-state index in [0.29, 0.717) is 6.42 Å². The first-order valence-electron chi connectivity index (χ1n) is 7.34. The first-order valence-corrected chi connectivity index (χ1v) is 8.16. The third-order valence-electron chi connectivity index (χ3n) is 3.49. The lowest BCUT2D eigenvalue weighted by molar-refractivity contribution is -0.145. The van der Waals surface area contributed by atoms with Crippen molar-refractivity contribution in [3.05, 3.63) is 23.9 Å². The third kappa shape index (κ3) is 6.38. The molecule has 11 heteroatoms. The molecule has 0 radical (unpaired) electrons. The molecule has 1 saturated heterocycles. The number of carbonyl (C=O) groups is 1. The standard InChI is InChI=1S/C14H15F6N3OS/c15-13(16,17)9-22-5-2-6-23(8-7-22)12(24)10-3-1-4-21-11(10)25-14(18,19)20/h1,3-4H,2,5-9H2. The molecule has 0 bridgehead atoms. The van der Waals surface area contributed by atoms with Crippen LogP contribution in [0.5, 0.6) is 0 Å². The molecule has 1 aliphatic heterocycles. The minimum absolute atomic E-state index is 0.00720. The molecule has 0 N–H and O–H groups in total. The minimum Gasteiger partial charge on any atom is -0.337 e. The lowest BCUT2D eigenvalue weighted by Crippen LogP contribution is -2.38. The van der Waals surface area contributed by atoms with Gasteiger partial charge in [0.1, 0.15) is 5.03 Å². The molecule has 0 saturated carbocycles. The van der Waals surface area contributed by atoms with E-state index in [1.54, 1.807) is 0 Å². The van der Waals surface area contributed by atoms with Gasteiger partial charge in [0.15, 0.2) is 0 Å². The minimum atomic E-state index is -4.59. The molecule has 140 valence electrons. The van der Waals surface area contributed by atoms with E-state index >= 15 is 0 Å². The molecule has 4 nitrogen and oxygen atoms in total. The smallest absolute Gasteiger partial charge is 0.337 e. The molecular formula is C14H15F6N3OS. The summed E-state index contributed by atoms with van der Waals surface area (Å²) >= 11 is -0.484. The number of aromatic nitrogens is 1. The number of thioether (sulfide) groups is 1. The highest BCUT2D eigenvalue weighted by Gasteiger charge is 2.34. The quantitative estimate of drug-likeness (QED) is 0.589. The fraction of sp³-hybridized carbons (Fsp3) is 0.571. The summed E-state index contributed by atoms with van der Waals surface area (Å²) in [6, 6.07) is 2.59. The van der Waals surface area contributed by atoms with E-state index in [1.165, 1.54) is 21.9 Å². The highest BCUT2D eigenvalue weighted by atomic mass is 32.2. The zero-order valence-corrected chi connectivity index (χ0v) is 13.7. The van der Waals surface area contributed by atoms with Crippen LogP contribution < -0.4 is 0 Å². The number of rotatable bonds is 3. The summed E-state index contributed by atoms with van der Waals surface area (Å²) in [6.45, 7) is -0.705. The Morgan fingerprint density at radius 2 is 1.84 bits per heavy atom. The van der Waals surface area contributed by atoms with Crippen molar-refractivity contribution in [1.82, 2.24) is 14.8 Å². The fourth-order valence-electron chi connectivity index (χ4n) is 2.50. The summed E-state index contributed by atoms with van der Waals surface area (Å²) in [5.41, 5.74) is -4.79. The van der Waals surface area contributed by atoms with Crippen LogP contribution in [0, 0.1) is 0 Å². The molecule has 1 fully saturated rings. The Bertz CT molecular complexity index is 607. The van der Waals surface area contributed by atoms with Crippen molar-refractivity contribution in [2.24, 2.45) is 0 Å². The molecule has 1 aromatic heterocycles. The number of halogens is 6. The van der Waals surface area contributed by atoms with E-state index in [2.05, 4.69) is 4.98 Å². The molecule has 2 heterocycles. The third-order valence-corrected chi connectivity index (χ3v) is 4.24. The molecular weight excluding hydrogens is 372 g/mol. The maximum Gasteiger partial charge on any atom is 0.447 e. The molecule has 1 aliphatic rings. The van der Waals surface area contributed by atoms with Crippen LogP contribution in [0.15, 0.2) is 23.4 Å². The highest BCUT2D eigenvalue weighted by molar-refractivity contribution is 8.00. The summed E-state index contributed by atoms with van der Waals surface area (Å²) in [5.74, 6) is -0.659. The Morgan fingerprint density at radius 1 is 1.12 bits per heavy atom. The molecule has 1 aromatic rings. The van der Waals surface area contributed by atoms with Crippen molar-refractivity contribution in [2.45, 2.75) is 23.1 Å². The van der Waals surface area contributed by atoms with Crippen molar-refractivity contribution >= 4 is 17.7 Å². The van der Waals surface area contributed by atoms with Crippen molar-refractivity contribution in [1.29, 1.82) is 0 Å². The molecule has 0 aliphatic carbocycles. The molecule has 0 atom stereocenters. The van der Waals surface area contributed by atoms with Gasteiger partial charge < -0.3 is 4.90 Å². The van der Waals surface area contributed by atoms with E-state index in [-0.39, 0.29) is 31.7 Å². The van der Waals surface area contributed by atoms with Crippen LogP contribution in [-0.2, 0) is 0 Å². The van der Waals surface area contributed by atoms with Crippen molar-refractivity contribution in [3.63, 3.8) is 0 Å². The number of hydrogen-bond donors (Lipinski definition) is 0. The summed E-state index contributed by atoms with van der Waals surface area (Å²) in [7, 11) is 0. The molecule has 0 aromatic carbocycles. The molecule has 1 amide bonds. The van der Waals surface area contributed by atoms with Crippen molar-refractivity contribution in [2.75, 3.05) is 32.7 Å². The molecule has 25 heavy (non-hydrogen) atoms. The van der Waals surface area contributed by atoms with Crippen molar-refractivity contribution in [3.8, 4) is 0 Å². The first-order chi connectivity index (χ1) is 11.6. The molecule has 0 spiro atoms. The summed E-state index contributed by atoms with van der Waals surface area (Å²) in [6.07, 6.45) is -2.87. The SMILES string of the molecule is O=C(c1cccnc1SC(F)(F)F)N1CCCN(CC(F)(F)F)CC1. The van der Waals surface area contributed by atoms with Gasteiger partial charge in [-0.25, -0.2) is 4.98 Å². The van der Waals surface area contributed by atoms with E-state index < -0.39 is 40.9 Å². The van der Waals surface area contributed by atoms with E-state index in [9.17, 15) is 31.1 Å². The average Bonchev–Trinajstić information content (AvgIpc) is 2.69. The normalized spacial score (nSPS) is 17.4. The Kier molecular flexibility index (Phi) is 6.20. The van der Waals surface area contributed by atoms with Gasteiger partial charge in [-0.3, -0.25) is 9.69 Å². The number of nitrogens with zero attached hydrogens (tertiary/aromatic N) is 3. The van der Waals surface area contributed by atoms with Gasteiger partial charge in [-0.1, -0.05) is 0 Å². The van der Waals surface area contributed by atoms with Gasteiger partial charge in [-0.2, -0.15) is 26.3 Å². The number of pyridine rings is 1. The maximum absolute atomic E-state index is 12.6. The summed E-state index contributed by atoms with van der Waals surface area (Å²) in [5, 5.41) is -0.462. The highest BCUT2D eigenvalue weighted by Crippen LogP contribution is 2.37. The largest absolute Gasteiger partial charge is 0.447 e. The van der Waals surface area contributed by atoms with Crippen LogP contribution in [-0.4, -0.2) is 65.1 Å². The average molecular weight is 387 g/mol. The van der Waals surface area contributed by atoms with E-state index in [4.69, 9.17) is 0 Å². The van der Waals surface area contributed by atoms with Gasteiger partial charge in [0.2, 0.25) is 0 Å². The van der Waals surface area contributed by atoms with Gasteiger partial charge in [-0.15, -0.1) is 0 Å². The predicted molar refractivity (Wildman–Crippen MR) is 79.2 cm³/mol. The summed E-state index contributed by atoms with van der Waals surface area (Å²) in [4.78, 5) is 18.6. The van der Waals surface area contributed by atoms with E-state index in [0.717, 1.165) is 6.20 Å². The van der Waals surface area contributed by atoms with Crippen LogP contribution in [0.3, 0.4) is 0 Å². The van der Waals surface area contributed by atoms with Crippen LogP contribution in [0.25, 0.3) is 0 Å². The monoisotopic (exact) mass is 387 g/mol. The first kappa shape index (κ1) is 19.8. The zero-order valence-electron chi connectivity index (χ0n) is 12.9. The van der Waals surface area contributed by atoms with Crippen LogP contribution >= 0.6 is 11.8 Å². The topological polar surface area (TPSA) is 36.4 Å². The zero-order chi connectivity index (χ0) is 18.7. The maximum atomic E-state index is 12.6.